The summed E-state index contributed by atoms with van der Waals surface area (Å²) in [4.78, 5) is 4.25. The van der Waals surface area contributed by atoms with Gasteiger partial charge in [-0.05, 0) is 40.5 Å². The van der Waals surface area contributed by atoms with Crippen molar-refractivity contribution in [2.45, 2.75) is 6.92 Å². The fourth-order valence-electron chi connectivity index (χ4n) is 1.67. The van der Waals surface area contributed by atoms with Crippen LogP contribution in [0.1, 0.15) is 11.1 Å². The van der Waals surface area contributed by atoms with Crippen LogP contribution >= 0.6 is 15.9 Å². The zero-order chi connectivity index (χ0) is 14.7. The van der Waals surface area contributed by atoms with Crippen LogP contribution in [0.4, 0.5) is 17.2 Å². The molecule has 0 aliphatic rings. The van der Waals surface area contributed by atoms with E-state index in [-0.39, 0.29) is 0 Å². The number of ether oxygens (including phenoxy) is 1. The second kappa shape index (κ2) is 5.80. The quantitative estimate of drug-likeness (QED) is 0.900. The van der Waals surface area contributed by atoms with Gasteiger partial charge in [0.15, 0.2) is 0 Å². The maximum Gasteiger partial charge on any atom is 0.145 e. The molecule has 5 nitrogen and oxygen atoms in total. The third-order valence-corrected chi connectivity index (χ3v) is 3.86. The van der Waals surface area contributed by atoms with E-state index >= 15 is 0 Å². The molecule has 0 fully saturated rings. The van der Waals surface area contributed by atoms with Gasteiger partial charge in [-0.25, -0.2) is 4.98 Å². The number of nitrogens with one attached hydrogen (secondary N) is 1. The standard InChI is InChI=1S/C14H13BrN4O/c1-8-10(17)7-18-14(13(8)15)19-11-4-3-9(6-16)5-12(11)20-2/h3-5,7H,17H2,1-2H3,(H,18,19). The molecule has 1 aromatic carbocycles. The molecule has 0 atom stereocenters. The van der Waals surface area contributed by atoms with Gasteiger partial charge < -0.3 is 15.8 Å². The summed E-state index contributed by atoms with van der Waals surface area (Å²) in [5.74, 6) is 1.21. The van der Waals surface area contributed by atoms with Crippen LogP contribution < -0.4 is 15.8 Å². The van der Waals surface area contributed by atoms with Gasteiger partial charge in [0.2, 0.25) is 0 Å². The first-order chi connectivity index (χ1) is 9.56. The van der Waals surface area contributed by atoms with Crippen molar-refractivity contribution in [3.05, 3.63) is 40.0 Å². The molecule has 0 aliphatic carbocycles. The molecule has 0 radical (unpaired) electrons. The summed E-state index contributed by atoms with van der Waals surface area (Å²) >= 11 is 3.46. The first-order valence-corrected chi connectivity index (χ1v) is 6.62. The van der Waals surface area contributed by atoms with E-state index in [1.54, 1.807) is 31.5 Å². The Labute approximate surface area is 125 Å². The number of benzene rings is 1. The maximum atomic E-state index is 8.89. The lowest BCUT2D eigenvalue weighted by atomic mass is 10.2. The molecule has 3 N–H and O–H groups in total. The van der Waals surface area contributed by atoms with Crippen LogP contribution in [0.15, 0.2) is 28.9 Å². The molecule has 0 spiro atoms. The van der Waals surface area contributed by atoms with Gasteiger partial charge in [-0.2, -0.15) is 5.26 Å². The fraction of sp³-hybridized carbons (Fsp3) is 0.143. The molecule has 20 heavy (non-hydrogen) atoms. The molecule has 2 aromatic rings. The minimum atomic E-state index is 0.535. The third-order valence-electron chi connectivity index (χ3n) is 2.89. The highest BCUT2D eigenvalue weighted by Crippen LogP contribution is 2.33. The summed E-state index contributed by atoms with van der Waals surface area (Å²) in [7, 11) is 1.55. The first kappa shape index (κ1) is 14.2. The largest absolute Gasteiger partial charge is 0.495 e. The molecule has 6 heteroatoms. The molecular weight excluding hydrogens is 320 g/mol. The van der Waals surface area contributed by atoms with Crippen LogP contribution in [-0.4, -0.2) is 12.1 Å². The minimum Gasteiger partial charge on any atom is -0.495 e. The van der Waals surface area contributed by atoms with Gasteiger partial charge in [-0.3, -0.25) is 0 Å². The Kier molecular flexibility index (Phi) is 4.11. The lowest BCUT2D eigenvalue weighted by Crippen LogP contribution is -2.01. The Bertz CT molecular complexity index is 694. The predicted octanol–water partition coefficient (Wildman–Crippen LogP) is 3.36. The number of pyridine rings is 1. The lowest BCUT2D eigenvalue weighted by Gasteiger charge is -2.13. The van der Waals surface area contributed by atoms with Crippen LogP contribution in [0.25, 0.3) is 0 Å². The Morgan fingerprint density at radius 1 is 1.45 bits per heavy atom. The first-order valence-electron chi connectivity index (χ1n) is 5.82. The highest BCUT2D eigenvalue weighted by Gasteiger charge is 2.10. The van der Waals surface area contributed by atoms with Gasteiger partial charge in [0.25, 0.3) is 0 Å². The lowest BCUT2D eigenvalue weighted by molar-refractivity contribution is 0.416. The van der Waals surface area contributed by atoms with Gasteiger partial charge in [-0.1, -0.05) is 0 Å². The third kappa shape index (κ3) is 2.68. The van der Waals surface area contributed by atoms with Crippen LogP contribution in [-0.2, 0) is 0 Å². The number of nitrogen functional groups attached to an aromatic ring is 1. The van der Waals surface area contributed by atoms with Crippen molar-refractivity contribution in [1.29, 1.82) is 5.26 Å². The van der Waals surface area contributed by atoms with Crippen molar-refractivity contribution in [1.82, 2.24) is 4.98 Å². The predicted molar refractivity (Wildman–Crippen MR) is 82.1 cm³/mol. The van der Waals surface area contributed by atoms with E-state index < -0.39 is 0 Å². The van der Waals surface area contributed by atoms with Crippen molar-refractivity contribution in [3.8, 4) is 11.8 Å². The van der Waals surface area contributed by atoms with Crippen LogP contribution in [0.3, 0.4) is 0 Å². The summed E-state index contributed by atoms with van der Waals surface area (Å²) in [5, 5.41) is 12.1. The highest BCUT2D eigenvalue weighted by atomic mass is 79.9. The molecular formula is C14H13BrN4O. The van der Waals surface area contributed by atoms with Crippen LogP contribution in [0, 0.1) is 18.3 Å². The number of anilines is 3. The molecule has 102 valence electrons. The zero-order valence-corrected chi connectivity index (χ0v) is 12.7. The zero-order valence-electron chi connectivity index (χ0n) is 11.1. The number of nitriles is 1. The molecule has 0 saturated carbocycles. The Hall–Kier alpha value is -2.26. The molecule has 0 saturated heterocycles. The van der Waals surface area contributed by atoms with Crippen molar-refractivity contribution >= 4 is 33.1 Å². The average molecular weight is 333 g/mol. The number of hydrogen-bond acceptors (Lipinski definition) is 5. The monoisotopic (exact) mass is 332 g/mol. The van der Waals surface area contributed by atoms with Crippen LogP contribution in [0.5, 0.6) is 5.75 Å². The molecule has 0 bridgehead atoms. The van der Waals surface area contributed by atoms with Crippen molar-refractivity contribution in [2.24, 2.45) is 0 Å². The summed E-state index contributed by atoms with van der Waals surface area (Å²) in [6.45, 7) is 1.91. The number of hydrogen-bond donors (Lipinski definition) is 2. The molecule has 0 unspecified atom stereocenters. The summed E-state index contributed by atoms with van der Waals surface area (Å²) < 4.78 is 6.07. The van der Waals surface area contributed by atoms with E-state index in [1.165, 1.54) is 0 Å². The van der Waals surface area contributed by atoms with Crippen LogP contribution in [0.2, 0.25) is 0 Å². The Balaban J connectivity index is 2.40. The number of methoxy groups -OCH3 is 1. The number of nitrogens with two attached hydrogens (primary N) is 1. The maximum absolute atomic E-state index is 8.89. The van der Waals surface area contributed by atoms with Gasteiger partial charge >= 0.3 is 0 Å². The normalized spacial score (nSPS) is 9.90. The SMILES string of the molecule is COc1cc(C#N)ccc1Nc1ncc(N)c(C)c1Br. The summed E-state index contributed by atoms with van der Waals surface area (Å²) in [5.41, 5.74) is 8.59. The molecule has 0 aliphatic heterocycles. The molecule has 2 rings (SSSR count). The second-order valence-electron chi connectivity index (χ2n) is 4.15. The van der Waals surface area contributed by atoms with E-state index in [2.05, 4.69) is 32.3 Å². The van der Waals surface area contributed by atoms with Gasteiger partial charge in [0.1, 0.15) is 11.6 Å². The van der Waals surface area contributed by atoms with Crippen molar-refractivity contribution < 1.29 is 4.74 Å². The highest BCUT2D eigenvalue weighted by molar-refractivity contribution is 9.10. The Morgan fingerprint density at radius 3 is 2.85 bits per heavy atom. The van der Waals surface area contributed by atoms with Crippen molar-refractivity contribution in [2.75, 3.05) is 18.2 Å². The summed E-state index contributed by atoms with van der Waals surface area (Å²) in [6, 6.07) is 7.22. The smallest absolute Gasteiger partial charge is 0.145 e. The number of halogens is 1. The van der Waals surface area contributed by atoms with E-state index in [4.69, 9.17) is 15.7 Å². The van der Waals surface area contributed by atoms with E-state index in [0.717, 1.165) is 15.7 Å². The summed E-state index contributed by atoms with van der Waals surface area (Å²) in [6.07, 6.45) is 1.60. The topological polar surface area (TPSA) is 84.0 Å². The van der Waals surface area contributed by atoms with E-state index in [9.17, 15) is 0 Å². The molecule has 1 aromatic heterocycles. The van der Waals surface area contributed by atoms with Gasteiger partial charge in [-0.15, -0.1) is 0 Å². The van der Waals surface area contributed by atoms with Gasteiger partial charge in [0, 0.05) is 6.07 Å². The molecule has 1 heterocycles. The molecule has 0 amide bonds. The van der Waals surface area contributed by atoms with E-state index in [0.29, 0.717) is 22.8 Å². The minimum absolute atomic E-state index is 0.535. The fourth-order valence-corrected chi connectivity index (χ4v) is 2.10. The average Bonchev–Trinajstić information content (AvgIpc) is 2.48. The number of nitrogens with zero attached hydrogens (tertiary/aromatic N) is 2. The number of aromatic nitrogens is 1. The van der Waals surface area contributed by atoms with E-state index in [1.807, 2.05) is 6.92 Å². The van der Waals surface area contributed by atoms with Crippen molar-refractivity contribution in [3.63, 3.8) is 0 Å². The van der Waals surface area contributed by atoms with Gasteiger partial charge in [0.05, 0.1) is 40.8 Å². The number of rotatable bonds is 3. The second-order valence-corrected chi connectivity index (χ2v) is 4.95. The Morgan fingerprint density at radius 2 is 2.20 bits per heavy atom.